The molecule has 0 saturated heterocycles. The van der Waals surface area contributed by atoms with Crippen LogP contribution in [0, 0.1) is 6.92 Å². The maximum Gasteiger partial charge on any atom is 0.253 e. The molecule has 0 aliphatic rings. The number of aromatic nitrogens is 2. The Hall–Kier alpha value is -2.14. The second kappa shape index (κ2) is 5.67. The quantitative estimate of drug-likeness (QED) is 0.931. The number of hydrogen-bond donors (Lipinski definition) is 1. The molecular weight excluding hydrogens is 266 g/mol. The minimum Gasteiger partial charge on any atom is -0.324 e. The molecule has 0 saturated carbocycles. The number of nitrogens with zero attached hydrogens (tertiary/aromatic N) is 2. The SMILES string of the molecule is Cc1ccc(NC(=O)Cn2cnccc2=O)cc1Cl. The van der Waals surface area contributed by atoms with Crippen LogP contribution in [0.2, 0.25) is 5.02 Å². The van der Waals surface area contributed by atoms with Crippen molar-refractivity contribution in [3.8, 4) is 0 Å². The van der Waals surface area contributed by atoms with E-state index in [1.54, 1.807) is 12.1 Å². The average molecular weight is 278 g/mol. The molecule has 0 atom stereocenters. The molecule has 1 heterocycles. The largest absolute Gasteiger partial charge is 0.324 e. The number of rotatable bonds is 3. The molecule has 0 radical (unpaired) electrons. The summed E-state index contributed by atoms with van der Waals surface area (Å²) in [6.45, 7) is 1.79. The second-order valence-electron chi connectivity index (χ2n) is 4.06. The first-order valence-electron chi connectivity index (χ1n) is 5.63. The number of hydrogen-bond acceptors (Lipinski definition) is 3. The van der Waals surface area contributed by atoms with Gasteiger partial charge in [0, 0.05) is 23.0 Å². The lowest BCUT2D eigenvalue weighted by molar-refractivity contribution is -0.116. The van der Waals surface area contributed by atoms with E-state index in [0.717, 1.165) is 5.56 Å². The highest BCUT2D eigenvalue weighted by Crippen LogP contribution is 2.19. The predicted octanol–water partition coefficient (Wildman–Crippen LogP) is 1.84. The maximum atomic E-state index is 11.8. The first-order chi connectivity index (χ1) is 9.06. The Balaban J connectivity index is 2.08. The Morgan fingerprint density at radius 2 is 2.21 bits per heavy atom. The lowest BCUT2D eigenvalue weighted by atomic mass is 10.2. The van der Waals surface area contributed by atoms with E-state index in [1.165, 1.54) is 23.2 Å². The zero-order chi connectivity index (χ0) is 13.8. The van der Waals surface area contributed by atoms with Crippen molar-refractivity contribution >= 4 is 23.2 Å². The standard InChI is InChI=1S/C13H12ClN3O2/c1-9-2-3-10(6-11(9)14)16-12(18)7-17-8-15-5-4-13(17)19/h2-6,8H,7H2,1H3,(H,16,18). The van der Waals surface area contributed by atoms with Gasteiger partial charge in [0.1, 0.15) is 6.54 Å². The lowest BCUT2D eigenvalue weighted by Crippen LogP contribution is -2.26. The van der Waals surface area contributed by atoms with Gasteiger partial charge in [-0.2, -0.15) is 0 Å². The van der Waals surface area contributed by atoms with E-state index in [-0.39, 0.29) is 18.0 Å². The highest BCUT2D eigenvalue weighted by atomic mass is 35.5. The van der Waals surface area contributed by atoms with Crippen LogP contribution in [0.1, 0.15) is 5.56 Å². The molecule has 2 rings (SSSR count). The number of carbonyl (C=O) groups is 1. The molecule has 0 unspecified atom stereocenters. The molecule has 0 aliphatic heterocycles. The third kappa shape index (κ3) is 3.42. The van der Waals surface area contributed by atoms with Crippen LogP contribution in [0.5, 0.6) is 0 Å². The summed E-state index contributed by atoms with van der Waals surface area (Å²) in [7, 11) is 0. The number of aryl methyl sites for hydroxylation is 1. The molecule has 1 amide bonds. The van der Waals surface area contributed by atoms with Gasteiger partial charge in [-0.15, -0.1) is 0 Å². The molecule has 5 nitrogen and oxygen atoms in total. The molecule has 2 aromatic rings. The molecule has 98 valence electrons. The molecule has 19 heavy (non-hydrogen) atoms. The summed E-state index contributed by atoms with van der Waals surface area (Å²) in [5.74, 6) is -0.310. The van der Waals surface area contributed by atoms with Gasteiger partial charge < -0.3 is 5.32 Å². The molecule has 0 bridgehead atoms. The topological polar surface area (TPSA) is 64.0 Å². The van der Waals surface area contributed by atoms with Gasteiger partial charge in [0.25, 0.3) is 5.56 Å². The zero-order valence-electron chi connectivity index (χ0n) is 10.3. The van der Waals surface area contributed by atoms with E-state index < -0.39 is 0 Å². The number of benzene rings is 1. The van der Waals surface area contributed by atoms with E-state index >= 15 is 0 Å². The van der Waals surface area contributed by atoms with Gasteiger partial charge in [0.2, 0.25) is 5.91 Å². The molecule has 0 aliphatic carbocycles. The molecule has 6 heteroatoms. The van der Waals surface area contributed by atoms with Crippen molar-refractivity contribution in [1.82, 2.24) is 9.55 Å². The number of carbonyl (C=O) groups excluding carboxylic acids is 1. The van der Waals surface area contributed by atoms with Gasteiger partial charge in [-0.3, -0.25) is 14.2 Å². The van der Waals surface area contributed by atoms with E-state index in [0.29, 0.717) is 10.7 Å². The monoisotopic (exact) mass is 277 g/mol. The van der Waals surface area contributed by atoms with Crippen LogP contribution >= 0.6 is 11.6 Å². The fourth-order valence-corrected chi connectivity index (χ4v) is 1.70. The van der Waals surface area contributed by atoms with Gasteiger partial charge in [0.05, 0.1) is 6.33 Å². The molecule has 1 aromatic carbocycles. The number of amides is 1. The van der Waals surface area contributed by atoms with E-state index in [9.17, 15) is 9.59 Å². The first-order valence-corrected chi connectivity index (χ1v) is 6.00. The Kier molecular flexibility index (Phi) is 3.97. The molecule has 1 N–H and O–H groups in total. The summed E-state index contributed by atoms with van der Waals surface area (Å²) < 4.78 is 1.23. The second-order valence-corrected chi connectivity index (χ2v) is 4.47. The zero-order valence-corrected chi connectivity index (χ0v) is 11.0. The minimum absolute atomic E-state index is 0.0851. The molecule has 1 aromatic heterocycles. The van der Waals surface area contributed by atoms with Crippen LogP contribution < -0.4 is 10.9 Å². The van der Waals surface area contributed by atoms with Crippen molar-refractivity contribution < 1.29 is 4.79 Å². The van der Waals surface area contributed by atoms with Crippen molar-refractivity contribution in [2.45, 2.75) is 13.5 Å². The summed E-state index contributed by atoms with van der Waals surface area (Å²) in [6, 6.07) is 6.54. The van der Waals surface area contributed by atoms with Crippen LogP contribution in [0.3, 0.4) is 0 Å². The van der Waals surface area contributed by atoms with Crippen molar-refractivity contribution in [2.24, 2.45) is 0 Å². The Bertz CT molecular complexity index is 667. The average Bonchev–Trinajstić information content (AvgIpc) is 2.37. The van der Waals surface area contributed by atoms with Crippen LogP contribution in [-0.4, -0.2) is 15.5 Å². The number of anilines is 1. The van der Waals surface area contributed by atoms with Crippen molar-refractivity contribution in [3.05, 3.63) is 57.7 Å². The smallest absolute Gasteiger partial charge is 0.253 e. The predicted molar refractivity (Wildman–Crippen MR) is 73.3 cm³/mol. The third-order valence-electron chi connectivity index (χ3n) is 2.56. The molecule has 0 fully saturated rings. The Morgan fingerprint density at radius 1 is 1.42 bits per heavy atom. The van der Waals surface area contributed by atoms with E-state index in [2.05, 4.69) is 10.3 Å². The number of halogens is 1. The minimum atomic E-state index is -0.310. The third-order valence-corrected chi connectivity index (χ3v) is 2.97. The van der Waals surface area contributed by atoms with Gasteiger partial charge in [-0.05, 0) is 24.6 Å². The van der Waals surface area contributed by atoms with Crippen molar-refractivity contribution in [1.29, 1.82) is 0 Å². The van der Waals surface area contributed by atoms with Crippen LogP contribution in [0.25, 0.3) is 0 Å². The summed E-state index contributed by atoms with van der Waals surface area (Å²) in [5, 5.41) is 3.25. The summed E-state index contributed by atoms with van der Waals surface area (Å²) >= 11 is 5.97. The van der Waals surface area contributed by atoms with E-state index in [1.807, 2.05) is 13.0 Å². The van der Waals surface area contributed by atoms with E-state index in [4.69, 9.17) is 11.6 Å². The Morgan fingerprint density at radius 3 is 2.89 bits per heavy atom. The van der Waals surface area contributed by atoms with Gasteiger partial charge >= 0.3 is 0 Å². The van der Waals surface area contributed by atoms with Gasteiger partial charge in [-0.25, -0.2) is 4.98 Å². The van der Waals surface area contributed by atoms with Gasteiger partial charge in [0.15, 0.2) is 0 Å². The van der Waals surface area contributed by atoms with Crippen LogP contribution in [-0.2, 0) is 11.3 Å². The fraction of sp³-hybridized carbons (Fsp3) is 0.154. The summed E-state index contributed by atoms with van der Waals surface area (Å²) in [4.78, 5) is 27.0. The number of nitrogens with one attached hydrogen (secondary N) is 1. The molecular formula is C13H12ClN3O2. The highest BCUT2D eigenvalue weighted by molar-refractivity contribution is 6.31. The van der Waals surface area contributed by atoms with Crippen LogP contribution in [0.4, 0.5) is 5.69 Å². The molecule has 0 spiro atoms. The maximum absolute atomic E-state index is 11.8. The first kappa shape index (κ1) is 13.3. The van der Waals surface area contributed by atoms with Gasteiger partial charge in [-0.1, -0.05) is 17.7 Å². The summed E-state index contributed by atoms with van der Waals surface area (Å²) in [6.07, 6.45) is 2.71. The summed E-state index contributed by atoms with van der Waals surface area (Å²) in [5.41, 5.74) is 1.26. The van der Waals surface area contributed by atoms with Crippen molar-refractivity contribution in [3.63, 3.8) is 0 Å². The fourth-order valence-electron chi connectivity index (χ4n) is 1.52. The van der Waals surface area contributed by atoms with Crippen molar-refractivity contribution in [2.75, 3.05) is 5.32 Å². The Labute approximate surface area is 114 Å². The normalized spacial score (nSPS) is 10.2. The van der Waals surface area contributed by atoms with Crippen LogP contribution in [0.15, 0.2) is 41.6 Å². The highest BCUT2D eigenvalue weighted by Gasteiger charge is 2.06. The lowest BCUT2D eigenvalue weighted by Gasteiger charge is -2.07.